The number of aryl methyl sites for hydroxylation is 2. The lowest BCUT2D eigenvalue weighted by Gasteiger charge is -2.12. The average Bonchev–Trinajstić information content (AvgIpc) is 2.73. The largest absolute Gasteiger partial charge is 0.573 e. The predicted octanol–water partition coefficient (Wildman–Crippen LogP) is 3.56. The summed E-state index contributed by atoms with van der Waals surface area (Å²) in [6.07, 6.45) is -4.75. The number of esters is 1. The van der Waals surface area contributed by atoms with E-state index < -0.39 is 12.3 Å². The van der Waals surface area contributed by atoms with Crippen molar-refractivity contribution in [3.8, 4) is 11.4 Å². The molecule has 0 radical (unpaired) electrons. The van der Waals surface area contributed by atoms with E-state index in [0.717, 1.165) is 0 Å². The third kappa shape index (κ3) is 3.82. The van der Waals surface area contributed by atoms with Gasteiger partial charge in [0.25, 0.3) is 0 Å². The molecule has 5 nitrogen and oxygen atoms in total. The smallest absolute Gasteiger partial charge is 0.461 e. The van der Waals surface area contributed by atoms with Gasteiger partial charge in [-0.25, -0.2) is 9.78 Å². The van der Waals surface area contributed by atoms with Crippen LogP contribution < -0.4 is 4.74 Å². The fraction of sp³-hybridized carbons (Fsp3) is 0.333. The van der Waals surface area contributed by atoms with Gasteiger partial charge in [0.2, 0.25) is 0 Å². The highest BCUT2D eigenvalue weighted by Crippen LogP contribution is 2.25. The number of nitrogens with zero attached hydrogens (tertiary/aromatic N) is 2. The molecule has 0 saturated carbocycles. The molecule has 0 fully saturated rings. The topological polar surface area (TPSA) is 53.3 Å². The summed E-state index contributed by atoms with van der Waals surface area (Å²) < 4.78 is 46.9. The van der Waals surface area contributed by atoms with Crippen LogP contribution >= 0.6 is 0 Å². The summed E-state index contributed by atoms with van der Waals surface area (Å²) >= 11 is 0. The molecule has 0 bridgehead atoms. The van der Waals surface area contributed by atoms with Gasteiger partial charge in [0.05, 0.1) is 12.3 Å². The van der Waals surface area contributed by atoms with Gasteiger partial charge in [0, 0.05) is 5.69 Å². The van der Waals surface area contributed by atoms with E-state index in [1.165, 1.54) is 28.8 Å². The molecule has 0 unspecified atom stereocenters. The number of aromatic nitrogens is 2. The number of ether oxygens (including phenoxy) is 2. The summed E-state index contributed by atoms with van der Waals surface area (Å²) in [5.74, 6) is -0.357. The highest BCUT2D eigenvalue weighted by Gasteiger charge is 2.31. The van der Waals surface area contributed by atoms with Crippen molar-refractivity contribution in [2.45, 2.75) is 27.1 Å². The number of carbonyl (C=O) groups excluding carboxylic acids is 1. The predicted molar refractivity (Wildman–Crippen MR) is 75.7 cm³/mol. The summed E-state index contributed by atoms with van der Waals surface area (Å²) in [5.41, 5.74) is 1.21. The third-order valence-corrected chi connectivity index (χ3v) is 3.02. The summed E-state index contributed by atoms with van der Waals surface area (Å²) in [6.45, 7) is 5.25. The molecule has 0 aliphatic rings. The summed E-state index contributed by atoms with van der Waals surface area (Å²) in [5, 5.41) is 0. The standard InChI is InChI=1S/C15H15F3N2O3/c1-4-22-14(21)13-9(2)19-10(3)20(13)11-5-7-12(8-6-11)23-15(16,17)18/h5-8H,4H2,1-3H3. The van der Waals surface area contributed by atoms with Crippen LogP contribution in [0, 0.1) is 13.8 Å². The highest BCUT2D eigenvalue weighted by atomic mass is 19.4. The van der Waals surface area contributed by atoms with E-state index in [-0.39, 0.29) is 18.1 Å². The first-order chi connectivity index (χ1) is 10.7. The minimum Gasteiger partial charge on any atom is -0.461 e. The van der Waals surface area contributed by atoms with E-state index in [0.29, 0.717) is 17.2 Å². The number of halogens is 3. The molecule has 1 aromatic heterocycles. The van der Waals surface area contributed by atoms with Crippen molar-refractivity contribution in [2.24, 2.45) is 0 Å². The fourth-order valence-electron chi connectivity index (χ4n) is 2.22. The number of imidazole rings is 1. The molecule has 2 rings (SSSR count). The summed E-state index contributed by atoms with van der Waals surface area (Å²) in [7, 11) is 0. The Balaban J connectivity index is 2.40. The second kappa shape index (κ2) is 6.31. The molecule has 124 valence electrons. The maximum Gasteiger partial charge on any atom is 0.573 e. The molecule has 1 aromatic carbocycles. The third-order valence-electron chi connectivity index (χ3n) is 3.02. The van der Waals surface area contributed by atoms with Gasteiger partial charge >= 0.3 is 12.3 Å². The zero-order valence-corrected chi connectivity index (χ0v) is 12.8. The van der Waals surface area contributed by atoms with Gasteiger partial charge in [-0.05, 0) is 45.0 Å². The SMILES string of the molecule is CCOC(=O)c1c(C)nc(C)n1-c1ccc(OC(F)(F)F)cc1. The molecule has 0 amide bonds. The van der Waals surface area contributed by atoms with Gasteiger partial charge in [-0.1, -0.05) is 0 Å². The molecule has 0 spiro atoms. The monoisotopic (exact) mass is 328 g/mol. The zero-order valence-electron chi connectivity index (χ0n) is 12.8. The van der Waals surface area contributed by atoms with Gasteiger partial charge in [0.1, 0.15) is 11.6 Å². The van der Waals surface area contributed by atoms with Crippen molar-refractivity contribution in [3.63, 3.8) is 0 Å². The lowest BCUT2D eigenvalue weighted by atomic mass is 10.2. The normalized spacial score (nSPS) is 11.4. The van der Waals surface area contributed by atoms with Crippen molar-refractivity contribution in [2.75, 3.05) is 6.61 Å². The Morgan fingerprint density at radius 2 is 1.83 bits per heavy atom. The maximum absolute atomic E-state index is 12.2. The Labute approximate surface area is 130 Å². The van der Waals surface area contributed by atoms with E-state index >= 15 is 0 Å². The van der Waals surface area contributed by atoms with Crippen LogP contribution in [0.25, 0.3) is 5.69 Å². The van der Waals surface area contributed by atoms with E-state index in [1.807, 2.05) is 0 Å². The summed E-state index contributed by atoms with van der Waals surface area (Å²) in [6, 6.07) is 5.18. The number of hydrogen-bond acceptors (Lipinski definition) is 4. The molecule has 0 atom stereocenters. The van der Waals surface area contributed by atoms with Crippen molar-refractivity contribution in [1.82, 2.24) is 9.55 Å². The van der Waals surface area contributed by atoms with Crippen molar-refractivity contribution in [1.29, 1.82) is 0 Å². The molecular weight excluding hydrogens is 313 g/mol. The van der Waals surface area contributed by atoms with E-state index in [1.54, 1.807) is 20.8 Å². The first-order valence-corrected chi connectivity index (χ1v) is 6.82. The van der Waals surface area contributed by atoms with Crippen LogP contribution in [0.15, 0.2) is 24.3 Å². The maximum atomic E-state index is 12.2. The van der Waals surface area contributed by atoms with E-state index in [9.17, 15) is 18.0 Å². The number of hydrogen-bond donors (Lipinski definition) is 0. The molecular formula is C15H15F3N2O3. The highest BCUT2D eigenvalue weighted by molar-refractivity contribution is 5.89. The lowest BCUT2D eigenvalue weighted by Crippen LogP contribution is -2.17. The number of benzene rings is 1. The van der Waals surface area contributed by atoms with Crippen LogP contribution in [0.2, 0.25) is 0 Å². The minimum absolute atomic E-state index is 0.209. The molecule has 23 heavy (non-hydrogen) atoms. The van der Waals surface area contributed by atoms with Crippen LogP contribution in [0.1, 0.15) is 28.9 Å². The van der Waals surface area contributed by atoms with Crippen LogP contribution in [0.5, 0.6) is 5.75 Å². The van der Waals surface area contributed by atoms with Crippen LogP contribution in [0.4, 0.5) is 13.2 Å². The Kier molecular flexibility index (Phi) is 4.63. The molecule has 1 heterocycles. The van der Waals surface area contributed by atoms with E-state index in [4.69, 9.17) is 4.74 Å². The van der Waals surface area contributed by atoms with Gasteiger partial charge in [-0.15, -0.1) is 13.2 Å². The quantitative estimate of drug-likeness (QED) is 0.805. The lowest BCUT2D eigenvalue weighted by molar-refractivity contribution is -0.274. The Bertz CT molecular complexity index is 706. The first-order valence-electron chi connectivity index (χ1n) is 6.82. The Hall–Kier alpha value is -2.51. The molecule has 2 aromatic rings. The summed E-state index contributed by atoms with van der Waals surface area (Å²) in [4.78, 5) is 16.3. The Morgan fingerprint density at radius 3 is 2.35 bits per heavy atom. The minimum atomic E-state index is -4.75. The molecule has 0 aliphatic heterocycles. The molecule has 0 aliphatic carbocycles. The molecule has 0 N–H and O–H groups in total. The van der Waals surface area contributed by atoms with Crippen molar-refractivity contribution in [3.05, 3.63) is 41.5 Å². The molecule has 0 saturated heterocycles. The fourth-order valence-corrected chi connectivity index (χ4v) is 2.22. The van der Waals surface area contributed by atoms with Crippen molar-refractivity contribution >= 4 is 5.97 Å². The van der Waals surface area contributed by atoms with Crippen LogP contribution in [-0.2, 0) is 4.74 Å². The average molecular weight is 328 g/mol. The first kappa shape index (κ1) is 16.9. The van der Waals surface area contributed by atoms with Crippen LogP contribution in [0.3, 0.4) is 0 Å². The number of alkyl halides is 3. The number of rotatable bonds is 4. The second-order valence-corrected chi connectivity index (χ2v) is 4.69. The van der Waals surface area contributed by atoms with Gasteiger partial charge in [-0.3, -0.25) is 4.57 Å². The molecule has 8 heteroatoms. The zero-order chi connectivity index (χ0) is 17.2. The van der Waals surface area contributed by atoms with Gasteiger partial charge < -0.3 is 9.47 Å². The van der Waals surface area contributed by atoms with Gasteiger partial charge in [-0.2, -0.15) is 0 Å². The van der Waals surface area contributed by atoms with E-state index in [2.05, 4.69) is 9.72 Å². The van der Waals surface area contributed by atoms with Gasteiger partial charge in [0.15, 0.2) is 5.69 Å². The van der Waals surface area contributed by atoms with Crippen LogP contribution in [-0.4, -0.2) is 28.5 Å². The Morgan fingerprint density at radius 1 is 1.22 bits per heavy atom. The second-order valence-electron chi connectivity index (χ2n) is 4.69. The van der Waals surface area contributed by atoms with Crippen molar-refractivity contribution < 1.29 is 27.4 Å². The number of carbonyl (C=O) groups is 1.